The zero-order valence-corrected chi connectivity index (χ0v) is 23.6. The summed E-state index contributed by atoms with van der Waals surface area (Å²) in [4.78, 5) is 45.0. The second kappa shape index (κ2) is 14.0. The number of nitrogens with one attached hydrogen (secondary N) is 3. The number of hydrogen-bond acceptors (Lipinski definition) is 9. The van der Waals surface area contributed by atoms with E-state index in [1.54, 1.807) is 53.9 Å². The van der Waals surface area contributed by atoms with Crippen LogP contribution in [0.5, 0.6) is 5.75 Å². The largest absolute Gasteiger partial charge is 0.467 e. The van der Waals surface area contributed by atoms with E-state index < -0.39 is 17.9 Å². The van der Waals surface area contributed by atoms with Gasteiger partial charge in [-0.05, 0) is 42.0 Å². The summed E-state index contributed by atoms with van der Waals surface area (Å²) in [7, 11) is 1.47. The third kappa shape index (κ3) is 7.38. The number of carbonyl (C=O) groups excluding carboxylic acids is 2. The van der Waals surface area contributed by atoms with Gasteiger partial charge in [0.15, 0.2) is 17.6 Å². The number of rotatable bonds is 11. The molecule has 4 aromatic rings. The van der Waals surface area contributed by atoms with E-state index in [1.165, 1.54) is 13.3 Å². The van der Waals surface area contributed by atoms with Crippen molar-refractivity contribution < 1.29 is 29.0 Å². The number of nitrogens with zero attached hydrogens (tertiary/aromatic N) is 3. The molecule has 0 radical (unpaired) electrons. The molecule has 0 aliphatic carbocycles. The molecule has 214 valence electrons. The van der Waals surface area contributed by atoms with Crippen LogP contribution in [0.2, 0.25) is 5.02 Å². The maximum absolute atomic E-state index is 12.9. The number of nitriles is 1. The number of halogens is 1. The molecule has 12 nitrogen and oxygen atoms in total. The third-order valence-corrected chi connectivity index (χ3v) is 6.67. The first-order chi connectivity index (χ1) is 20.3. The van der Waals surface area contributed by atoms with Crippen molar-refractivity contribution in [3.05, 3.63) is 81.3 Å². The molecule has 0 bridgehead atoms. The molecule has 42 heavy (non-hydrogen) atoms. The van der Waals surface area contributed by atoms with Crippen molar-refractivity contribution in [3.63, 3.8) is 0 Å². The fraction of sp³-hybridized carbons (Fsp3) is 0.143. The van der Waals surface area contributed by atoms with Crippen molar-refractivity contribution in [3.8, 4) is 34.2 Å². The molecule has 0 fully saturated rings. The van der Waals surface area contributed by atoms with Crippen LogP contribution < -0.4 is 20.7 Å². The molecule has 2 aromatic heterocycles. The van der Waals surface area contributed by atoms with E-state index in [4.69, 9.17) is 26.2 Å². The van der Waals surface area contributed by atoms with Gasteiger partial charge in [0, 0.05) is 53.5 Å². The number of thiazole rings is 1. The first kappa shape index (κ1) is 29.9. The molecule has 4 rings (SSSR count). The van der Waals surface area contributed by atoms with Crippen LogP contribution >= 0.6 is 22.9 Å². The molecule has 4 N–H and O–H groups in total. The quantitative estimate of drug-likeness (QED) is 0.140. The second-order valence-electron chi connectivity index (χ2n) is 8.44. The van der Waals surface area contributed by atoms with Crippen LogP contribution in [0.15, 0.2) is 60.1 Å². The Morgan fingerprint density at radius 2 is 1.88 bits per heavy atom. The summed E-state index contributed by atoms with van der Waals surface area (Å²) in [6.07, 6.45) is 0.291. The van der Waals surface area contributed by atoms with Crippen molar-refractivity contribution in [2.75, 3.05) is 32.3 Å². The van der Waals surface area contributed by atoms with Gasteiger partial charge in [-0.25, -0.2) is 14.8 Å². The Balaban J connectivity index is 1.81. The lowest BCUT2D eigenvalue weighted by atomic mass is 9.96. The molecule has 0 aliphatic heterocycles. The lowest BCUT2D eigenvalue weighted by molar-refractivity contribution is 0.0515. The molecular formula is C28H23ClN6O6S. The number of aromatic nitrogens is 2. The minimum absolute atomic E-state index is 0.0209. The Kier molecular flexibility index (Phi) is 10.0. The predicted molar refractivity (Wildman–Crippen MR) is 156 cm³/mol. The number of carbonyl (C=O) groups is 3. The van der Waals surface area contributed by atoms with Crippen molar-refractivity contribution in [1.82, 2.24) is 20.6 Å². The number of benzene rings is 2. The summed E-state index contributed by atoms with van der Waals surface area (Å²) in [5.41, 5.74) is 2.05. The van der Waals surface area contributed by atoms with Crippen LogP contribution in [-0.2, 0) is 4.74 Å². The topological polar surface area (TPSA) is 176 Å². The van der Waals surface area contributed by atoms with Gasteiger partial charge >= 0.3 is 6.09 Å². The summed E-state index contributed by atoms with van der Waals surface area (Å²) in [6, 6.07) is 15.2. The summed E-state index contributed by atoms with van der Waals surface area (Å²) in [5, 5.41) is 28.6. The average Bonchev–Trinajstić information content (AvgIpc) is 3.53. The summed E-state index contributed by atoms with van der Waals surface area (Å²) in [6.45, 7) is 0.0407. The summed E-state index contributed by atoms with van der Waals surface area (Å²) < 4.78 is 10.8. The van der Waals surface area contributed by atoms with E-state index >= 15 is 0 Å². The molecule has 2 aromatic carbocycles. The highest BCUT2D eigenvalue weighted by Crippen LogP contribution is 2.37. The fourth-order valence-electron chi connectivity index (χ4n) is 3.84. The smallest absolute Gasteiger partial charge is 0.404 e. The van der Waals surface area contributed by atoms with Crippen LogP contribution in [0.4, 0.5) is 10.6 Å². The molecule has 3 amide bonds. The minimum atomic E-state index is -1.20. The SMILES string of the molecule is COCOc1cc(Cl)ccc1-c1cc(-c2cccc(C(=O)NCCNC(=O)O)c2)c(C#N)c(NC(=O)c2nccs2)n1. The summed E-state index contributed by atoms with van der Waals surface area (Å²) >= 11 is 7.33. The van der Waals surface area contributed by atoms with E-state index in [1.807, 2.05) is 0 Å². The second-order valence-corrected chi connectivity index (χ2v) is 9.77. The van der Waals surface area contributed by atoms with Crippen molar-refractivity contribution in [2.45, 2.75) is 0 Å². The zero-order valence-electron chi connectivity index (χ0n) is 22.0. The van der Waals surface area contributed by atoms with E-state index in [2.05, 4.69) is 32.0 Å². The van der Waals surface area contributed by atoms with E-state index in [9.17, 15) is 19.6 Å². The van der Waals surface area contributed by atoms with Gasteiger partial charge in [-0.1, -0.05) is 23.7 Å². The Morgan fingerprint density at radius 3 is 2.60 bits per heavy atom. The predicted octanol–water partition coefficient (Wildman–Crippen LogP) is 4.63. The van der Waals surface area contributed by atoms with Crippen molar-refractivity contribution >= 4 is 46.7 Å². The molecule has 2 heterocycles. The molecule has 0 unspecified atom stereocenters. The number of anilines is 1. The van der Waals surface area contributed by atoms with Crippen molar-refractivity contribution in [2.24, 2.45) is 0 Å². The Hall–Kier alpha value is -5.03. The van der Waals surface area contributed by atoms with E-state index in [0.29, 0.717) is 33.2 Å². The van der Waals surface area contributed by atoms with Crippen LogP contribution in [-0.4, -0.2) is 60.0 Å². The van der Waals surface area contributed by atoms with Crippen LogP contribution in [0, 0.1) is 11.3 Å². The van der Waals surface area contributed by atoms with E-state index in [-0.39, 0.29) is 41.8 Å². The number of pyridine rings is 1. The number of amides is 3. The van der Waals surface area contributed by atoms with Gasteiger partial charge in [-0.3, -0.25) is 9.59 Å². The van der Waals surface area contributed by atoms with Gasteiger partial charge in [0.1, 0.15) is 17.4 Å². The lowest BCUT2D eigenvalue weighted by Crippen LogP contribution is -2.33. The molecule has 0 saturated heterocycles. The fourth-order valence-corrected chi connectivity index (χ4v) is 4.53. The molecule has 0 saturated carbocycles. The van der Waals surface area contributed by atoms with Gasteiger partial charge in [0.05, 0.1) is 5.69 Å². The van der Waals surface area contributed by atoms with Gasteiger partial charge in [-0.2, -0.15) is 5.26 Å². The number of carboxylic acid groups (broad SMARTS) is 1. The van der Waals surface area contributed by atoms with Crippen LogP contribution in [0.1, 0.15) is 25.7 Å². The normalized spacial score (nSPS) is 10.4. The lowest BCUT2D eigenvalue weighted by Gasteiger charge is -2.16. The highest BCUT2D eigenvalue weighted by molar-refractivity contribution is 7.11. The third-order valence-electron chi connectivity index (χ3n) is 5.66. The first-order valence-corrected chi connectivity index (χ1v) is 13.5. The molecular weight excluding hydrogens is 584 g/mol. The molecule has 0 atom stereocenters. The maximum atomic E-state index is 12.9. The monoisotopic (exact) mass is 606 g/mol. The van der Waals surface area contributed by atoms with Gasteiger partial charge in [-0.15, -0.1) is 11.3 Å². The van der Waals surface area contributed by atoms with Gasteiger partial charge in [0.2, 0.25) is 0 Å². The van der Waals surface area contributed by atoms with Crippen molar-refractivity contribution in [1.29, 1.82) is 5.26 Å². The van der Waals surface area contributed by atoms with Gasteiger partial charge < -0.3 is 30.5 Å². The number of hydrogen-bond donors (Lipinski definition) is 4. The van der Waals surface area contributed by atoms with E-state index in [0.717, 1.165) is 11.3 Å². The zero-order chi connectivity index (χ0) is 30.1. The number of ether oxygens (including phenoxy) is 2. The molecule has 0 spiro atoms. The standard InChI is InChI=1S/C28H23ClN6O6S/c1-40-15-41-23-12-18(29)5-6-19(23)22-13-20(21(14-30)24(34-22)35-26(37)27-32-9-10-42-27)16-3-2-4-17(11-16)25(36)31-7-8-33-28(38)39/h2-6,9-13,33H,7-8,15H2,1H3,(H,31,36)(H,38,39)(H,34,35,37). The first-order valence-electron chi connectivity index (χ1n) is 12.2. The minimum Gasteiger partial charge on any atom is -0.467 e. The summed E-state index contributed by atoms with van der Waals surface area (Å²) in [5.74, 6) is -0.658. The Labute approximate surface area is 248 Å². The number of methoxy groups -OCH3 is 1. The molecule has 0 aliphatic rings. The molecule has 14 heteroatoms. The maximum Gasteiger partial charge on any atom is 0.404 e. The average molecular weight is 607 g/mol. The van der Waals surface area contributed by atoms with Crippen LogP contribution in [0.3, 0.4) is 0 Å². The van der Waals surface area contributed by atoms with Gasteiger partial charge in [0.25, 0.3) is 11.8 Å². The highest BCUT2D eigenvalue weighted by Gasteiger charge is 2.21. The van der Waals surface area contributed by atoms with Crippen LogP contribution in [0.25, 0.3) is 22.4 Å². The Morgan fingerprint density at radius 1 is 1.07 bits per heavy atom. The Bertz CT molecular complexity index is 1660. The highest BCUT2D eigenvalue weighted by atomic mass is 35.5.